The average molecular weight is 435 g/mol. The minimum Gasteiger partial charge on any atom is -0.434 e. The molecule has 0 atom stereocenters. The zero-order valence-corrected chi connectivity index (χ0v) is 20.5. The summed E-state index contributed by atoms with van der Waals surface area (Å²) in [7, 11) is 0. The van der Waals surface area contributed by atoms with Gasteiger partial charge in [-0.1, -0.05) is 57.2 Å². The Morgan fingerprint density at radius 3 is 2.03 bits per heavy atom. The van der Waals surface area contributed by atoms with Crippen LogP contribution in [0.25, 0.3) is 0 Å². The predicted octanol–water partition coefficient (Wildman–Crippen LogP) is 5.79. The lowest BCUT2D eigenvalue weighted by Gasteiger charge is -2.36. The van der Waals surface area contributed by atoms with Crippen molar-refractivity contribution in [3.8, 4) is 0 Å². The van der Waals surface area contributed by atoms with Crippen molar-refractivity contribution < 1.29 is 23.5 Å². The van der Waals surface area contributed by atoms with Gasteiger partial charge in [-0.3, -0.25) is 4.79 Å². The minimum absolute atomic E-state index is 0.228. The fourth-order valence-corrected chi connectivity index (χ4v) is 4.00. The molecule has 0 aliphatic rings. The van der Waals surface area contributed by atoms with E-state index in [0.29, 0.717) is 30.6 Å². The van der Waals surface area contributed by atoms with Crippen LogP contribution in [0.5, 0.6) is 0 Å². The maximum absolute atomic E-state index is 12.9. The van der Waals surface area contributed by atoms with Crippen LogP contribution in [0.1, 0.15) is 76.0 Å². The van der Waals surface area contributed by atoms with E-state index in [9.17, 15) is 9.59 Å². The van der Waals surface area contributed by atoms with E-state index in [1.807, 2.05) is 6.07 Å². The number of likely N-dealkylation sites (N-methyl/N-ethyl adjacent to an activating group) is 1. The molecule has 0 fully saturated rings. The number of unbranched alkanes of at least 4 members (excludes halogenated alkanes) is 5. The van der Waals surface area contributed by atoms with E-state index < -0.39 is 6.16 Å². The van der Waals surface area contributed by atoms with Crippen LogP contribution in [0.2, 0.25) is 0 Å². The summed E-state index contributed by atoms with van der Waals surface area (Å²) in [5.41, 5.74) is 3.46. The first-order valence-corrected chi connectivity index (χ1v) is 12.1. The molecule has 1 rings (SSSR count). The molecule has 0 radical (unpaired) electrons. The summed E-state index contributed by atoms with van der Waals surface area (Å²) < 4.78 is 11.1. The van der Waals surface area contributed by atoms with Crippen molar-refractivity contribution in [2.24, 2.45) is 0 Å². The summed E-state index contributed by atoms with van der Waals surface area (Å²) in [6.45, 7) is 13.9. The summed E-state index contributed by atoms with van der Waals surface area (Å²) in [6.07, 6.45) is 6.77. The van der Waals surface area contributed by atoms with E-state index in [1.54, 1.807) is 0 Å². The van der Waals surface area contributed by atoms with Crippen molar-refractivity contribution in [3.05, 3.63) is 34.9 Å². The standard InChI is InChI=1S/C26H44NO4/c1-6-9-10-11-12-13-18-30-26(29)31-19-17-27(7-2,8-3)21-24(28)20-25-22(4)15-14-16-23(25)5/h14-16H,6-13,17-21H2,1-5H3/q+1. The fourth-order valence-electron chi connectivity index (χ4n) is 4.00. The Balaban J connectivity index is 2.41. The molecule has 0 aromatic heterocycles. The van der Waals surface area contributed by atoms with Crippen LogP contribution in [-0.4, -0.2) is 55.8 Å². The quantitative estimate of drug-likeness (QED) is 0.188. The van der Waals surface area contributed by atoms with E-state index in [4.69, 9.17) is 9.47 Å². The van der Waals surface area contributed by atoms with Crippen molar-refractivity contribution in [3.63, 3.8) is 0 Å². The Morgan fingerprint density at radius 2 is 1.42 bits per heavy atom. The molecule has 0 saturated heterocycles. The average Bonchev–Trinajstić information content (AvgIpc) is 2.75. The van der Waals surface area contributed by atoms with E-state index in [-0.39, 0.29) is 12.4 Å². The smallest absolute Gasteiger partial charge is 0.434 e. The van der Waals surface area contributed by atoms with Crippen LogP contribution >= 0.6 is 0 Å². The second-order valence-electron chi connectivity index (χ2n) is 8.66. The Hall–Kier alpha value is -1.88. The zero-order chi connectivity index (χ0) is 23.1. The van der Waals surface area contributed by atoms with E-state index in [0.717, 1.165) is 42.6 Å². The first-order valence-electron chi connectivity index (χ1n) is 12.1. The Bertz CT molecular complexity index is 647. The topological polar surface area (TPSA) is 52.6 Å². The van der Waals surface area contributed by atoms with Gasteiger partial charge in [0.2, 0.25) is 0 Å². The van der Waals surface area contributed by atoms with Crippen LogP contribution in [0, 0.1) is 13.8 Å². The molecule has 0 unspecified atom stereocenters. The normalized spacial score (nSPS) is 11.4. The molecule has 0 bridgehead atoms. The molecule has 0 aliphatic heterocycles. The van der Waals surface area contributed by atoms with Crippen molar-refractivity contribution in [2.45, 2.75) is 79.6 Å². The summed E-state index contributed by atoms with van der Waals surface area (Å²) in [4.78, 5) is 24.7. The van der Waals surface area contributed by atoms with Gasteiger partial charge in [-0.15, -0.1) is 0 Å². The van der Waals surface area contributed by atoms with Gasteiger partial charge in [0.05, 0.1) is 19.7 Å². The molecule has 0 heterocycles. The van der Waals surface area contributed by atoms with E-state index in [1.165, 1.54) is 25.7 Å². The van der Waals surface area contributed by atoms with Crippen LogP contribution < -0.4 is 0 Å². The molecule has 0 aliphatic carbocycles. The van der Waals surface area contributed by atoms with Crippen LogP contribution in [0.3, 0.4) is 0 Å². The number of aryl methyl sites for hydroxylation is 2. The third kappa shape index (κ3) is 10.3. The lowest BCUT2D eigenvalue weighted by Crippen LogP contribution is -2.53. The molecule has 1 aromatic carbocycles. The van der Waals surface area contributed by atoms with E-state index in [2.05, 4.69) is 46.8 Å². The molecule has 31 heavy (non-hydrogen) atoms. The Labute approximate surface area is 189 Å². The lowest BCUT2D eigenvalue weighted by molar-refractivity contribution is -0.917. The van der Waals surface area contributed by atoms with Crippen LogP contribution in [0.4, 0.5) is 4.79 Å². The lowest BCUT2D eigenvalue weighted by atomic mass is 9.97. The third-order valence-electron chi connectivity index (χ3n) is 6.38. The predicted molar refractivity (Wildman–Crippen MR) is 126 cm³/mol. The van der Waals surface area contributed by atoms with Gasteiger partial charge < -0.3 is 14.0 Å². The number of carbonyl (C=O) groups excluding carboxylic acids is 2. The number of benzene rings is 1. The minimum atomic E-state index is -0.597. The number of Topliss-reactive ketones (excluding diaryl/α,β-unsaturated/α-hetero) is 1. The number of rotatable bonds is 16. The highest BCUT2D eigenvalue weighted by Crippen LogP contribution is 2.16. The van der Waals surface area contributed by atoms with Crippen molar-refractivity contribution in [1.82, 2.24) is 0 Å². The first kappa shape index (κ1) is 27.2. The van der Waals surface area contributed by atoms with Crippen LogP contribution in [0.15, 0.2) is 18.2 Å². The first-order chi connectivity index (χ1) is 14.9. The van der Waals surface area contributed by atoms with Crippen molar-refractivity contribution in [2.75, 3.05) is 39.4 Å². The molecule has 1 aromatic rings. The summed E-state index contributed by atoms with van der Waals surface area (Å²) in [5, 5.41) is 0. The van der Waals surface area contributed by atoms with Gasteiger partial charge in [0.1, 0.15) is 19.7 Å². The van der Waals surface area contributed by atoms with E-state index >= 15 is 0 Å². The largest absolute Gasteiger partial charge is 0.508 e. The highest BCUT2D eigenvalue weighted by molar-refractivity contribution is 5.82. The Morgan fingerprint density at radius 1 is 0.839 bits per heavy atom. The second kappa shape index (κ2) is 15.0. The third-order valence-corrected chi connectivity index (χ3v) is 6.38. The molecule has 0 amide bonds. The Kier molecular flexibility index (Phi) is 13.1. The highest BCUT2D eigenvalue weighted by Gasteiger charge is 2.27. The number of hydrogen-bond acceptors (Lipinski definition) is 4. The number of quaternary nitrogens is 1. The summed E-state index contributed by atoms with van der Waals surface area (Å²) >= 11 is 0. The number of hydrogen-bond donors (Lipinski definition) is 0. The monoisotopic (exact) mass is 434 g/mol. The van der Waals surface area contributed by atoms with Gasteiger partial charge >= 0.3 is 6.16 Å². The van der Waals surface area contributed by atoms with Gasteiger partial charge in [-0.05, 0) is 50.8 Å². The molecule has 0 N–H and O–H groups in total. The maximum atomic E-state index is 12.9. The molecule has 5 heteroatoms. The van der Waals surface area contributed by atoms with Crippen LogP contribution in [-0.2, 0) is 20.7 Å². The van der Waals surface area contributed by atoms with Gasteiger partial charge in [-0.2, -0.15) is 0 Å². The van der Waals surface area contributed by atoms with Gasteiger partial charge in [0, 0.05) is 6.42 Å². The van der Waals surface area contributed by atoms with Crippen molar-refractivity contribution in [1.29, 1.82) is 0 Å². The second-order valence-corrected chi connectivity index (χ2v) is 8.66. The fraction of sp³-hybridized carbons (Fsp3) is 0.692. The molecular weight excluding hydrogens is 390 g/mol. The maximum Gasteiger partial charge on any atom is 0.508 e. The van der Waals surface area contributed by atoms with Gasteiger partial charge in [-0.25, -0.2) is 4.79 Å². The SMILES string of the molecule is CCCCCCCCOC(=O)OCC[N+](CC)(CC)CC(=O)Cc1c(C)cccc1C. The molecule has 176 valence electrons. The highest BCUT2D eigenvalue weighted by atomic mass is 16.7. The summed E-state index contributed by atoms with van der Waals surface area (Å²) in [6, 6.07) is 6.14. The number of ketones is 1. The van der Waals surface area contributed by atoms with Gasteiger partial charge in [0.15, 0.2) is 5.78 Å². The van der Waals surface area contributed by atoms with Crippen molar-refractivity contribution >= 4 is 11.9 Å². The van der Waals surface area contributed by atoms with Gasteiger partial charge in [0.25, 0.3) is 0 Å². The number of ether oxygens (including phenoxy) is 2. The molecule has 0 spiro atoms. The zero-order valence-electron chi connectivity index (χ0n) is 20.5. The number of nitrogens with zero attached hydrogens (tertiary/aromatic N) is 1. The number of carbonyl (C=O) groups is 2. The molecular formula is C26H44NO4+. The molecule has 0 saturated carbocycles. The summed E-state index contributed by atoms with van der Waals surface area (Å²) in [5.74, 6) is 0.228. The molecule has 5 nitrogen and oxygen atoms in total.